The van der Waals surface area contributed by atoms with E-state index in [1.807, 2.05) is 19.0 Å². The quantitative estimate of drug-likeness (QED) is 0.796. The number of benzene rings is 1. The number of hydrogen-bond acceptors (Lipinski definition) is 4. The summed E-state index contributed by atoms with van der Waals surface area (Å²) in [5, 5.41) is 0. The number of fused-ring (bicyclic) bond motifs is 1. The van der Waals surface area contributed by atoms with Crippen molar-refractivity contribution < 1.29 is 18.7 Å². The lowest BCUT2D eigenvalue weighted by Gasteiger charge is -2.36. The molecule has 1 aromatic carbocycles. The van der Waals surface area contributed by atoms with E-state index >= 15 is 0 Å². The highest BCUT2D eigenvalue weighted by atomic mass is 19.1. The Hall–Kier alpha value is -1.99. The van der Waals surface area contributed by atoms with Gasteiger partial charge in [-0.25, -0.2) is 4.39 Å². The fourth-order valence-corrected chi connectivity index (χ4v) is 3.28. The summed E-state index contributed by atoms with van der Waals surface area (Å²) in [4.78, 5) is 29.8. The SMILES string of the molecule is CN(C)CC(=O)N1C[C@@H]2[C@@H](C1)OCC(=O)N2Cc1cccc(F)c1. The van der Waals surface area contributed by atoms with Crippen LogP contribution in [0.3, 0.4) is 0 Å². The van der Waals surface area contributed by atoms with Gasteiger partial charge in [-0.05, 0) is 31.8 Å². The van der Waals surface area contributed by atoms with Crippen LogP contribution in [0, 0.1) is 5.82 Å². The van der Waals surface area contributed by atoms with Crippen LogP contribution in [-0.2, 0) is 20.9 Å². The van der Waals surface area contributed by atoms with E-state index in [4.69, 9.17) is 4.74 Å². The van der Waals surface area contributed by atoms with E-state index in [0.29, 0.717) is 26.2 Å². The standard InChI is InChI=1S/C17H22FN3O3/c1-19(2)10-16(22)20-8-14-15(9-20)24-11-17(23)21(14)7-12-4-3-5-13(18)6-12/h3-6,14-15H,7-11H2,1-2H3/t14-,15-/m1/s1. The number of likely N-dealkylation sites (N-methyl/N-ethyl adjacent to an activating group) is 1. The zero-order valence-electron chi connectivity index (χ0n) is 13.9. The third-order valence-corrected chi connectivity index (χ3v) is 4.42. The molecule has 0 unspecified atom stereocenters. The lowest BCUT2D eigenvalue weighted by Crippen LogP contribution is -2.53. The minimum Gasteiger partial charge on any atom is -0.364 e. The van der Waals surface area contributed by atoms with Crippen molar-refractivity contribution in [2.45, 2.75) is 18.7 Å². The first kappa shape index (κ1) is 16.9. The number of likely N-dealkylation sites (tertiary alicyclic amines) is 1. The molecule has 1 aromatic rings. The zero-order valence-corrected chi connectivity index (χ0v) is 13.9. The Balaban J connectivity index is 1.72. The second-order valence-corrected chi connectivity index (χ2v) is 6.60. The van der Waals surface area contributed by atoms with Gasteiger partial charge in [-0.2, -0.15) is 0 Å². The fraction of sp³-hybridized carbons (Fsp3) is 0.529. The molecule has 7 heteroatoms. The van der Waals surface area contributed by atoms with Gasteiger partial charge in [-0.3, -0.25) is 9.59 Å². The summed E-state index contributed by atoms with van der Waals surface area (Å²) in [7, 11) is 3.69. The second kappa shape index (κ2) is 6.86. The average molecular weight is 335 g/mol. The average Bonchev–Trinajstić information content (AvgIpc) is 2.94. The number of morpholine rings is 1. The molecule has 0 aliphatic carbocycles. The van der Waals surface area contributed by atoms with Crippen LogP contribution in [0.15, 0.2) is 24.3 Å². The van der Waals surface area contributed by atoms with Gasteiger partial charge in [0.25, 0.3) is 0 Å². The Morgan fingerprint density at radius 3 is 2.88 bits per heavy atom. The molecule has 2 aliphatic heterocycles. The predicted octanol–water partition coefficient (Wildman–Crippen LogP) is 0.326. The second-order valence-electron chi connectivity index (χ2n) is 6.60. The van der Waals surface area contributed by atoms with E-state index < -0.39 is 0 Å². The van der Waals surface area contributed by atoms with E-state index in [1.54, 1.807) is 21.9 Å². The smallest absolute Gasteiger partial charge is 0.249 e. The highest BCUT2D eigenvalue weighted by Gasteiger charge is 2.44. The molecule has 6 nitrogen and oxygen atoms in total. The van der Waals surface area contributed by atoms with E-state index in [2.05, 4.69) is 0 Å². The molecule has 130 valence electrons. The number of amides is 2. The molecule has 0 saturated carbocycles. The van der Waals surface area contributed by atoms with Crippen LogP contribution in [-0.4, -0.2) is 79.0 Å². The lowest BCUT2D eigenvalue weighted by molar-refractivity contribution is -0.153. The molecule has 0 N–H and O–H groups in total. The van der Waals surface area contributed by atoms with Crippen molar-refractivity contribution >= 4 is 11.8 Å². The van der Waals surface area contributed by atoms with E-state index in [9.17, 15) is 14.0 Å². The van der Waals surface area contributed by atoms with Crippen LogP contribution >= 0.6 is 0 Å². The van der Waals surface area contributed by atoms with Crippen LogP contribution in [0.1, 0.15) is 5.56 Å². The van der Waals surface area contributed by atoms with Crippen LogP contribution in [0.2, 0.25) is 0 Å². The normalized spacial score (nSPS) is 23.8. The van der Waals surface area contributed by atoms with Crippen molar-refractivity contribution in [2.24, 2.45) is 0 Å². The van der Waals surface area contributed by atoms with E-state index in [0.717, 1.165) is 5.56 Å². The molecule has 2 saturated heterocycles. The van der Waals surface area contributed by atoms with Crippen LogP contribution in [0.4, 0.5) is 4.39 Å². The molecule has 2 amide bonds. The predicted molar refractivity (Wildman–Crippen MR) is 85.6 cm³/mol. The molecular weight excluding hydrogens is 313 g/mol. The molecule has 0 aromatic heterocycles. The lowest BCUT2D eigenvalue weighted by atomic mass is 10.1. The molecule has 0 bridgehead atoms. The Morgan fingerprint density at radius 2 is 2.17 bits per heavy atom. The van der Waals surface area contributed by atoms with Crippen molar-refractivity contribution in [3.05, 3.63) is 35.6 Å². The Bertz CT molecular complexity index is 637. The Labute approximate surface area is 140 Å². The van der Waals surface area contributed by atoms with Gasteiger partial charge in [-0.15, -0.1) is 0 Å². The first-order valence-electron chi connectivity index (χ1n) is 8.02. The highest BCUT2D eigenvalue weighted by molar-refractivity contribution is 5.81. The molecule has 2 heterocycles. The van der Waals surface area contributed by atoms with Gasteiger partial charge in [0.15, 0.2) is 0 Å². The summed E-state index contributed by atoms with van der Waals surface area (Å²) in [6.45, 7) is 1.61. The van der Waals surface area contributed by atoms with Gasteiger partial charge < -0.3 is 19.4 Å². The van der Waals surface area contributed by atoms with Gasteiger partial charge in [0.2, 0.25) is 11.8 Å². The number of rotatable bonds is 4. The molecule has 2 aliphatic rings. The van der Waals surface area contributed by atoms with Crippen LogP contribution in [0.25, 0.3) is 0 Å². The monoisotopic (exact) mass is 335 g/mol. The summed E-state index contributed by atoms with van der Waals surface area (Å²) in [6.07, 6.45) is -0.178. The van der Waals surface area contributed by atoms with Gasteiger partial charge in [0, 0.05) is 19.6 Å². The molecule has 2 fully saturated rings. The minimum atomic E-state index is -0.320. The van der Waals surface area contributed by atoms with Crippen LogP contribution < -0.4 is 0 Å². The third-order valence-electron chi connectivity index (χ3n) is 4.42. The van der Waals surface area contributed by atoms with Crippen LogP contribution in [0.5, 0.6) is 0 Å². The molecule has 0 spiro atoms. The summed E-state index contributed by atoms with van der Waals surface area (Å²) in [5.74, 6) is -0.419. The molecule has 3 rings (SSSR count). The zero-order chi connectivity index (χ0) is 17.3. The number of carbonyl (C=O) groups is 2. The topological polar surface area (TPSA) is 53.1 Å². The summed E-state index contributed by atoms with van der Waals surface area (Å²) in [6, 6.07) is 6.06. The van der Waals surface area contributed by atoms with E-state index in [1.165, 1.54) is 12.1 Å². The van der Waals surface area contributed by atoms with E-state index in [-0.39, 0.29) is 36.4 Å². The first-order chi connectivity index (χ1) is 11.4. The maximum Gasteiger partial charge on any atom is 0.249 e. The third kappa shape index (κ3) is 3.57. The molecule has 2 atom stereocenters. The number of halogens is 1. The summed E-state index contributed by atoms with van der Waals surface area (Å²) >= 11 is 0. The summed E-state index contributed by atoms with van der Waals surface area (Å²) in [5.41, 5.74) is 0.738. The maximum absolute atomic E-state index is 13.4. The van der Waals surface area contributed by atoms with Gasteiger partial charge >= 0.3 is 0 Å². The fourth-order valence-electron chi connectivity index (χ4n) is 3.28. The number of hydrogen-bond donors (Lipinski definition) is 0. The molecule has 24 heavy (non-hydrogen) atoms. The van der Waals surface area contributed by atoms with Crippen molar-refractivity contribution in [1.82, 2.24) is 14.7 Å². The van der Waals surface area contributed by atoms with Gasteiger partial charge in [-0.1, -0.05) is 12.1 Å². The van der Waals surface area contributed by atoms with Crippen molar-refractivity contribution in [2.75, 3.05) is 40.3 Å². The molecule has 0 radical (unpaired) electrons. The van der Waals surface area contributed by atoms with Gasteiger partial charge in [0.1, 0.15) is 12.4 Å². The minimum absolute atomic E-state index is 0.00614. The number of nitrogens with zero attached hydrogens (tertiary/aromatic N) is 3. The van der Waals surface area contributed by atoms with Crippen molar-refractivity contribution in [1.29, 1.82) is 0 Å². The number of ether oxygens (including phenoxy) is 1. The maximum atomic E-state index is 13.4. The van der Waals surface area contributed by atoms with Crippen molar-refractivity contribution in [3.63, 3.8) is 0 Å². The Morgan fingerprint density at radius 1 is 1.38 bits per heavy atom. The first-order valence-corrected chi connectivity index (χ1v) is 8.02. The molecular formula is C17H22FN3O3. The largest absolute Gasteiger partial charge is 0.364 e. The highest BCUT2D eigenvalue weighted by Crippen LogP contribution is 2.25. The summed E-state index contributed by atoms with van der Waals surface area (Å²) < 4.78 is 19.0. The Kier molecular flexibility index (Phi) is 4.82. The van der Waals surface area contributed by atoms with Crippen molar-refractivity contribution in [3.8, 4) is 0 Å². The number of carbonyl (C=O) groups excluding carboxylic acids is 2. The van der Waals surface area contributed by atoms with Gasteiger partial charge in [0.05, 0.1) is 18.7 Å².